The molecule has 0 fully saturated rings. The van der Waals surface area contributed by atoms with E-state index in [1.54, 1.807) is 12.1 Å². The Morgan fingerprint density at radius 1 is 1.25 bits per heavy atom. The van der Waals surface area contributed by atoms with Gasteiger partial charge in [-0.3, -0.25) is 4.79 Å². The number of carboxylic acids is 1. The molecule has 0 saturated heterocycles. The van der Waals surface area contributed by atoms with Gasteiger partial charge in [-0.15, -0.1) is 0 Å². The molecule has 2 rings (SSSR count). The van der Waals surface area contributed by atoms with Gasteiger partial charge in [-0.25, -0.2) is 14.2 Å². The van der Waals surface area contributed by atoms with Crippen molar-refractivity contribution in [2.75, 3.05) is 5.32 Å². The fraction of sp³-hybridized carbons (Fsp3) is 0. The van der Waals surface area contributed by atoms with Crippen molar-refractivity contribution in [3.8, 4) is 0 Å². The molecule has 5 nitrogen and oxygen atoms in total. The number of nitrogens with zero attached hydrogens (tertiary/aromatic N) is 1. The highest BCUT2D eigenvalue weighted by Gasteiger charge is 2.13. The molecule has 7 heteroatoms. The van der Waals surface area contributed by atoms with Crippen LogP contribution in [-0.2, 0) is 0 Å². The van der Waals surface area contributed by atoms with Gasteiger partial charge in [0.1, 0.15) is 16.1 Å². The van der Waals surface area contributed by atoms with Crippen LogP contribution in [0.15, 0.2) is 41.0 Å². The van der Waals surface area contributed by atoms with E-state index in [1.807, 2.05) is 0 Å². The first-order valence-electron chi connectivity index (χ1n) is 5.44. The van der Waals surface area contributed by atoms with Crippen LogP contribution in [0.5, 0.6) is 0 Å². The molecular weight excluding hydrogens is 331 g/mol. The molecule has 0 radical (unpaired) electrons. The summed E-state index contributed by atoms with van der Waals surface area (Å²) >= 11 is 3.13. The van der Waals surface area contributed by atoms with Gasteiger partial charge in [-0.1, -0.05) is 6.07 Å². The number of aromatic nitrogens is 1. The van der Waals surface area contributed by atoms with Gasteiger partial charge in [0.25, 0.3) is 5.91 Å². The van der Waals surface area contributed by atoms with Crippen LogP contribution < -0.4 is 5.32 Å². The number of hydrogen-bond acceptors (Lipinski definition) is 3. The molecule has 0 spiro atoms. The Labute approximate surface area is 121 Å². The Bertz CT molecular complexity index is 691. The maximum atomic E-state index is 13.7. The number of rotatable bonds is 3. The number of carbonyl (C=O) groups excluding carboxylic acids is 1. The smallest absolute Gasteiger partial charge is 0.335 e. The van der Waals surface area contributed by atoms with E-state index in [2.05, 4.69) is 26.2 Å². The number of anilines is 1. The van der Waals surface area contributed by atoms with Crippen molar-refractivity contribution in [1.29, 1.82) is 0 Å². The van der Waals surface area contributed by atoms with Crippen LogP contribution in [0.2, 0.25) is 0 Å². The summed E-state index contributed by atoms with van der Waals surface area (Å²) in [5, 5.41) is 11.1. The van der Waals surface area contributed by atoms with E-state index in [0.29, 0.717) is 4.60 Å². The molecule has 1 heterocycles. The summed E-state index contributed by atoms with van der Waals surface area (Å²) in [5.41, 5.74) is -0.191. The number of benzene rings is 1. The third kappa shape index (κ3) is 3.18. The number of nitrogens with one attached hydrogen (secondary N) is 1. The highest BCUT2D eigenvalue weighted by atomic mass is 79.9. The van der Waals surface area contributed by atoms with Crippen LogP contribution in [-0.4, -0.2) is 22.0 Å². The predicted molar refractivity (Wildman–Crippen MR) is 73.2 cm³/mol. The molecule has 2 N–H and O–H groups in total. The molecular formula is C13H8BrFN2O3. The molecule has 1 aromatic carbocycles. The van der Waals surface area contributed by atoms with Gasteiger partial charge in [0, 0.05) is 0 Å². The number of aromatic carboxylic acids is 1. The quantitative estimate of drug-likeness (QED) is 0.843. The van der Waals surface area contributed by atoms with E-state index in [9.17, 15) is 14.0 Å². The van der Waals surface area contributed by atoms with E-state index in [1.165, 1.54) is 18.2 Å². The second kappa shape index (κ2) is 5.79. The molecule has 0 aliphatic carbocycles. The third-order valence-electron chi connectivity index (χ3n) is 2.41. The topological polar surface area (TPSA) is 79.3 Å². The highest BCUT2D eigenvalue weighted by molar-refractivity contribution is 9.10. The first-order chi connectivity index (χ1) is 9.47. The van der Waals surface area contributed by atoms with Crippen molar-refractivity contribution < 1.29 is 19.1 Å². The molecule has 0 aliphatic rings. The van der Waals surface area contributed by atoms with Crippen LogP contribution in [0.1, 0.15) is 20.8 Å². The van der Waals surface area contributed by atoms with E-state index in [0.717, 1.165) is 6.07 Å². The zero-order chi connectivity index (χ0) is 14.7. The van der Waals surface area contributed by atoms with Crippen LogP contribution >= 0.6 is 15.9 Å². The van der Waals surface area contributed by atoms with Crippen molar-refractivity contribution >= 4 is 33.5 Å². The van der Waals surface area contributed by atoms with E-state index >= 15 is 0 Å². The van der Waals surface area contributed by atoms with Gasteiger partial charge >= 0.3 is 5.97 Å². The Hall–Kier alpha value is -2.28. The third-order valence-corrected chi connectivity index (χ3v) is 2.85. The van der Waals surface area contributed by atoms with Crippen LogP contribution in [0, 0.1) is 5.82 Å². The maximum absolute atomic E-state index is 13.7. The van der Waals surface area contributed by atoms with Gasteiger partial charge in [0.2, 0.25) is 0 Å². The highest BCUT2D eigenvalue weighted by Crippen LogP contribution is 2.17. The van der Waals surface area contributed by atoms with Crippen molar-refractivity contribution in [2.24, 2.45) is 0 Å². The normalized spacial score (nSPS) is 10.1. The summed E-state index contributed by atoms with van der Waals surface area (Å²) in [6, 6.07) is 7.98. The Kier molecular flexibility index (Phi) is 4.09. The van der Waals surface area contributed by atoms with Gasteiger partial charge in [-0.05, 0) is 46.3 Å². The molecule has 0 unspecified atom stereocenters. The summed E-state index contributed by atoms with van der Waals surface area (Å²) in [5.74, 6) is -2.66. The minimum atomic E-state index is -1.24. The van der Waals surface area contributed by atoms with Crippen LogP contribution in [0.25, 0.3) is 0 Å². The second-order valence-corrected chi connectivity index (χ2v) is 4.61. The van der Waals surface area contributed by atoms with Gasteiger partial charge in [0.15, 0.2) is 0 Å². The Morgan fingerprint density at radius 3 is 2.60 bits per heavy atom. The first kappa shape index (κ1) is 14.1. The molecule has 0 bridgehead atoms. The van der Waals surface area contributed by atoms with Crippen molar-refractivity contribution in [1.82, 2.24) is 4.98 Å². The molecule has 1 aromatic heterocycles. The minimum Gasteiger partial charge on any atom is -0.478 e. The minimum absolute atomic E-state index is 0.109. The number of halogens is 2. The fourth-order valence-corrected chi connectivity index (χ4v) is 1.81. The predicted octanol–water partition coefficient (Wildman–Crippen LogP) is 2.93. The standard InChI is InChI=1S/C13H8BrFN2O3/c14-11-3-1-2-10(16-11)12(18)17-9-5-4-7(13(19)20)6-8(9)15/h1-6H,(H,17,18)(H,19,20). The molecule has 102 valence electrons. The van der Waals surface area contributed by atoms with Gasteiger partial charge in [0.05, 0.1) is 11.3 Å². The number of carbonyl (C=O) groups is 2. The van der Waals surface area contributed by atoms with Gasteiger partial charge < -0.3 is 10.4 Å². The summed E-state index contributed by atoms with van der Waals surface area (Å²) < 4.78 is 14.1. The Morgan fingerprint density at radius 2 is 2.00 bits per heavy atom. The number of pyridine rings is 1. The summed E-state index contributed by atoms with van der Waals surface area (Å²) in [6.45, 7) is 0. The van der Waals surface area contributed by atoms with E-state index < -0.39 is 17.7 Å². The lowest BCUT2D eigenvalue weighted by molar-refractivity contribution is 0.0696. The average Bonchev–Trinajstić information content (AvgIpc) is 2.40. The van der Waals surface area contributed by atoms with Gasteiger partial charge in [-0.2, -0.15) is 0 Å². The monoisotopic (exact) mass is 338 g/mol. The second-order valence-electron chi connectivity index (χ2n) is 3.80. The molecule has 1 amide bonds. The van der Waals surface area contributed by atoms with Crippen LogP contribution in [0.4, 0.5) is 10.1 Å². The zero-order valence-corrected chi connectivity index (χ0v) is 11.5. The lowest BCUT2D eigenvalue weighted by atomic mass is 10.2. The number of carboxylic acid groups (broad SMARTS) is 1. The zero-order valence-electron chi connectivity index (χ0n) is 9.93. The molecule has 0 atom stereocenters. The largest absolute Gasteiger partial charge is 0.478 e. The maximum Gasteiger partial charge on any atom is 0.335 e. The van der Waals surface area contributed by atoms with E-state index in [4.69, 9.17) is 5.11 Å². The molecule has 20 heavy (non-hydrogen) atoms. The SMILES string of the molecule is O=C(O)c1ccc(NC(=O)c2cccc(Br)n2)c(F)c1. The van der Waals surface area contributed by atoms with Crippen molar-refractivity contribution in [2.45, 2.75) is 0 Å². The lowest BCUT2D eigenvalue weighted by Crippen LogP contribution is -2.15. The first-order valence-corrected chi connectivity index (χ1v) is 6.23. The Balaban J connectivity index is 2.22. The summed E-state index contributed by atoms with van der Waals surface area (Å²) in [6.07, 6.45) is 0. The molecule has 0 aliphatic heterocycles. The van der Waals surface area contributed by atoms with Crippen molar-refractivity contribution in [3.05, 3.63) is 58.1 Å². The number of amides is 1. The summed E-state index contributed by atoms with van der Waals surface area (Å²) in [4.78, 5) is 26.5. The summed E-state index contributed by atoms with van der Waals surface area (Å²) in [7, 11) is 0. The molecule has 2 aromatic rings. The van der Waals surface area contributed by atoms with Crippen LogP contribution in [0.3, 0.4) is 0 Å². The fourth-order valence-electron chi connectivity index (χ4n) is 1.47. The lowest BCUT2D eigenvalue weighted by Gasteiger charge is -2.06. The molecule has 0 saturated carbocycles. The van der Waals surface area contributed by atoms with E-state index in [-0.39, 0.29) is 16.9 Å². The average molecular weight is 339 g/mol. The number of hydrogen-bond donors (Lipinski definition) is 2. The van der Waals surface area contributed by atoms with Crippen molar-refractivity contribution in [3.63, 3.8) is 0 Å².